The molecule has 1 saturated heterocycles. The Morgan fingerprint density at radius 3 is 2.41 bits per heavy atom. The standard InChI is InChI=1S/C19H23NO2/c1-21-18-9-8-16(13-19(18)22-2)17-12-15(10-11-20-17)14-6-4-3-5-7-14/h3-9,13,15,17,20H,10-12H2,1-2H3. The average Bonchev–Trinajstić information content (AvgIpc) is 2.62. The summed E-state index contributed by atoms with van der Waals surface area (Å²) in [4.78, 5) is 0. The first-order valence-electron chi connectivity index (χ1n) is 7.82. The molecule has 0 radical (unpaired) electrons. The van der Waals surface area contributed by atoms with E-state index in [9.17, 15) is 0 Å². The Balaban J connectivity index is 1.80. The van der Waals surface area contributed by atoms with Gasteiger partial charge in [-0.3, -0.25) is 0 Å². The number of hydrogen-bond donors (Lipinski definition) is 1. The van der Waals surface area contributed by atoms with Crippen LogP contribution in [0.2, 0.25) is 0 Å². The van der Waals surface area contributed by atoms with Gasteiger partial charge in [-0.15, -0.1) is 0 Å². The molecule has 0 aliphatic carbocycles. The predicted molar refractivity (Wildman–Crippen MR) is 88.7 cm³/mol. The van der Waals surface area contributed by atoms with E-state index in [0.717, 1.165) is 24.5 Å². The Hall–Kier alpha value is -2.00. The van der Waals surface area contributed by atoms with Crippen molar-refractivity contribution in [1.29, 1.82) is 0 Å². The molecule has 0 spiro atoms. The molecule has 0 amide bonds. The van der Waals surface area contributed by atoms with E-state index in [-0.39, 0.29) is 0 Å². The van der Waals surface area contributed by atoms with Gasteiger partial charge < -0.3 is 14.8 Å². The first-order valence-corrected chi connectivity index (χ1v) is 7.82. The molecule has 116 valence electrons. The Morgan fingerprint density at radius 1 is 0.909 bits per heavy atom. The highest BCUT2D eigenvalue weighted by Crippen LogP contribution is 2.37. The van der Waals surface area contributed by atoms with Gasteiger partial charge in [-0.05, 0) is 48.6 Å². The van der Waals surface area contributed by atoms with Crippen LogP contribution in [0, 0.1) is 0 Å². The van der Waals surface area contributed by atoms with E-state index < -0.39 is 0 Å². The summed E-state index contributed by atoms with van der Waals surface area (Å²) in [5.74, 6) is 2.19. The van der Waals surface area contributed by atoms with Crippen molar-refractivity contribution in [3.05, 3.63) is 59.7 Å². The molecule has 2 atom stereocenters. The van der Waals surface area contributed by atoms with E-state index in [4.69, 9.17) is 9.47 Å². The third-order valence-electron chi connectivity index (χ3n) is 4.48. The van der Waals surface area contributed by atoms with Crippen LogP contribution in [0.25, 0.3) is 0 Å². The zero-order valence-corrected chi connectivity index (χ0v) is 13.2. The maximum atomic E-state index is 5.43. The summed E-state index contributed by atoms with van der Waals surface area (Å²) in [6.45, 7) is 1.04. The minimum Gasteiger partial charge on any atom is -0.493 e. The van der Waals surface area contributed by atoms with Gasteiger partial charge in [0.25, 0.3) is 0 Å². The number of piperidine rings is 1. The minimum absolute atomic E-state index is 0.360. The first kappa shape index (κ1) is 14.9. The minimum atomic E-state index is 0.360. The van der Waals surface area contributed by atoms with E-state index in [0.29, 0.717) is 12.0 Å². The van der Waals surface area contributed by atoms with Gasteiger partial charge in [0.1, 0.15) is 0 Å². The summed E-state index contributed by atoms with van der Waals surface area (Å²) in [5.41, 5.74) is 2.70. The fourth-order valence-electron chi connectivity index (χ4n) is 3.27. The van der Waals surface area contributed by atoms with Crippen LogP contribution in [-0.4, -0.2) is 20.8 Å². The maximum absolute atomic E-state index is 5.43. The number of ether oxygens (including phenoxy) is 2. The van der Waals surface area contributed by atoms with Crippen molar-refractivity contribution in [2.45, 2.75) is 24.8 Å². The van der Waals surface area contributed by atoms with Crippen molar-refractivity contribution in [3.8, 4) is 11.5 Å². The van der Waals surface area contributed by atoms with Crippen LogP contribution in [0.1, 0.15) is 35.9 Å². The third-order valence-corrected chi connectivity index (χ3v) is 4.48. The molecule has 2 aromatic rings. The summed E-state index contributed by atoms with van der Waals surface area (Å²) in [5, 5.41) is 3.63. The largest absolute Gasteiger partial charge is 0.493 e. The monoisotopic (exact) mass is 297 g/mol. The van der Waals surface area contributed by atoms with Crippen LogP contribution in [0.5, 0.6) is 11.5 Å². The summed E-state index contributed by atoms with van der Waals surface area (Å²) >= 11 is 0. The predicted octanol–water partition coefficient (Wildman–Crippen LogP) is 3.91. The highest BCUT2D eigenvalue weighted by Gasteiger charge is 2.24. The van der Waals surface area contributed by atoms with Crippen LogP contribution < -0.4 is 14.8 Å². The van der Waals surface area contributed by atoms with E-state index >= 15 is 0 Å². The number of benzene rings is 2. The molecule has 1 heterocycles. The lowest BCUT2D eigenvalue weighted by Crippen LogP contribution is -2.30. The van der Waals surface area contributed by atoms with Crippen molar-refractivity contribution in [3.63, 3.8) is 0 Å². The van der Waals surface area contributed by atoms with Gasteiger partial charge >= 0.3 is 0 Å². The van der Waals surface area contributed by atoms with Crippen LogP contribution in [0.4, 0.5) is 0 Å². The summed E-state index contributed by atoms with van der Waals surface area (Å²) in [6, 6.07) is 17.4. The normalized spacial score (nSPS) is 21.4. The summed E-state index contributed by atoms with van der Waals surface area (Å²) in [6.07, 6.45) is 2.30. The Morgan fingerprint density at radius 2 is 1.68 bits per heavy atom. The molecule has 22 heavy (non-hydrogen) atoms. The molecule has 0 aromatic heterocycles. The van der Waals surface area contributed by atoms with Crippen LogP contribution in [0.3, 0.4) is 0 Å². The van der Waals surface area contributed by atoms with E-state index in [1.54, 1.807) is 14.2 Å². The third kappa shape index (κ3) is 3.09. The molecule has 1 N–H and O–H groups in total. The molecule has 2 aromatic carbocycles. The number of rotatable bonds is 4. The lowest BCUT2D eigenvalue weighted by atomic mass is 9.84. The molecule has 0 bridgehead atoms. The second-order valence-corrected chi connectivity index (χ2v) is 5.75. The second-order valence-electron chi connectivity index (χ2n) is 5.75. The van der Waals surface area contributed by atoms with E-state index in [2.05, 4.69) is 47.8 Å². The van der Waals surface area contributed by atoms with Crippen molar-refractivity contribution < 1.29 is 9.47 Å². The van der Waals surface area contributed by atoms with Gasteiger partial charge in [-0.25, -0.2) is 0 Å². The zero-order chi connectivity index (χ0) is 15.4. The molecule has 1 fully saturated rings. The highest BCUT2D eigenvalue weighted by atomic mass is 16.5. The zero-order valence-electron chi connectivity index (χ0n) is 13.2. The van der Waals surface area contributed by atoms with E-state index in [1.807, 2.05) is 6.07 Å². The SMILES string of the molecule is COc1ccc(C2CC(c3ccccc3)CCN2)cc1OC. The second kappa shape index (κ2) is 6.84. The van der Waals surface area contributed by atoms with Gasteiger partial charge in [-0.1, -0.05) is 36.4 Å². The Labute approximate surface area is 132 Å². The molecule has 3 rings (SSSR count). The number of methoxy groups -OCH3 is 2. The van der Waals surface area contributed by atoms with Gasteiger partial charge in [0.2, 0.25) is 0 Å². The van der Waals surface area contributed by atoms with Gasteiger partial charge in [0.15, 0.2) is 11.5 Å². The molecular weight excluding hydrogens is 274 g/mol. The average molecular weight is 297 g/mol. The maximum Gasteiger partial charge on any atom is 0.161 e. The molecule has 3 nitrogen and oxygen atoms in total. The molecule has 1 aliphatic rings. The molecular formula is C19H23NO2. The number of nitrogens with one attached hydrogen (secondary N) is 1. The van der Waals surface area contributed by atoms with Crippen LogP contribution in [0.15, 0.2) is 48.5 Å². The first-order chi connectivity index (χ1) is 10.8. The summed E-state index contributed by atoms with van der Waals surface area (Å²) in [7, 11) is 3.35. The lowest BCUT2D eigenvalue weighted by Gasteiger charge is -2.31. The van der Waals surface area contributed by atoms with Gasteiger partial charge in [0, 0.05) is 6.04 Å². The van der Waals surface area contributed by atoms with Gasteiger partial charge in [0.05, 0.1) is 14.2 Å². The Bertz CT molecular complexity index is 612. The molecule has 2 unspecified atom stereocenters. The fourth-order valence-corrected chi connectivity index (χ4v) is 3.27. The van der Waals surface area contributed by atoms with Crippen LogP contribution >= 0.6 is 0 Å². The topological polar surface area (TPSA) is 30.5 Å². The fraction of sp³-hybridized carbons (Fsp3) is 0.368. The molecule has 0 saturated carbocycles. The smallest absolute Gasteiger partial charge is 0.161 e. The highest BCUT2D eigenvalue weighted by molar-refractivity contribution is 5.44. The van der Waals surface area contributed by atoms with Gasteiger partial charge in [-0.2, -0.15) is 0 Å². The van der Waals surface area contributed by atoms with Crippen molar-refractivity contribution in [2.75, 3.05) is 20.8 Å². The molecule has 1 aliphatic heterocycles. The molecule has 3 heteroatoms. The van der Waals surface area contributed by atoms with E-state index in [1.165, 1.54) is 17.5 Å². The lowest BCUT2D eigenvalue weighted by molar-refractivity contribution is 0.348. The number of hydrogen-bond acceptors (Lipinski definition) is 3. The van der Waals surface area contributed by atoms with Crippen LogP contribution in [-0.2, 0) is 0 Å². The Kier molecular flexibility index (Phi) is 4.64. The van der Waals surface area contributed by atoms with Crippen molar-refractivity contribution in [1.82, 2.24) is 5.32 Å². The van der Waals surface area contributed by atoms with Crippen molar-refractivity contribution in [2.24, 2.45) is 0 Å². The van der Waals surface area contributed by atoms with Crippen molar-refractivity contribution >= 4 is 0 Å². The summed E-state index contributed by atoms with van der Waals surface area (Å²) < 4.78 is 10.7. The quantitative estimate of drug-likeness (QED) is 0.928.